The summed E-state index contributed by atoms with van der Waals surface area (Å²) < 4.78 is 0. The molecule has 22 heavy (non-hydrogen) atoms. The van der Waals surface area contributed by atoms with Crippen LogP contribution in [0.5, 0.6) is 0 Å². The summed E-state index contributed by atoms with van der Waals surface area (Å²) in [5.74, 6) is 1.83. The zero-order valence-corrected chi connectivity index (χ0v) is 13.3. The van der Waals surface area contributed by atoms with Crippen molar-refractivity contribution in [1.82, 2.24) is 10.6 Å². The summed E-state index contributed by atoms with van der Waals surface area (Å²) in [5, 5.41) is 6.74. The Hall–Kier alpha value is -2.04. The topological polar surface area (TPSA) is 56.7 Å². The first-order chi connectivity index (χ1) is 10.7. The van der Waals surface area contributed by atoms with Crippen LogP contribution in [0.4, 0.5) is 5.69 Å². The van der Waals surface area contributed by atoms with Crippen molar-refractivity contribution in [3.8, 4) is 0 Å². The maximum Gasteiger partial charge on any atom is 0.227 e. The van der Waals surface area contributed by atoms with Gasteiger partial charge in [0.05, 0.1) is 0 Å². The Kier molecular flexibility index (Phi) is 4.32. The smallest absolute Gasteiger partial charge is 0.227 e. The van der Waals surface area contributed by atoms with Crippen LogP contribution in [0.3, 0.4) is 0 Å². The van der Waals surface area contributed by atoms with Gasteiger partial charge in [0.1, 0.15) is 0 Å². The Morgan fingerprint density at radius 3 is 2.64 bits per heavy atom. The zero-order valence-electron chi connectivity index (χ0n) is 13.3. The van der Waals surface area contributed by atoms with E-state index < -0.39 is 0 Å². The number of hydrogen-bond donors (Lipinski definition) is 2. The Bertz CT molecular complexity index is 567. The molecule has 1 aromatic carbocycles. The second kappa shape index (κ2) is 6.38. The largest absolute Gasteiger partial charge is 0.353 e. The van der Waals surface area contributed by atoms with Crippen LogP contribution in [0.15, 0.2) is 29.3 Å². The number of nitrogens with one attached hydrogen (secondary N) is 2. The predicted molar refractivity (Wildman–Crippen MR) is 88.9 cm³/mol. The van der Waals surface area contributed by atoms with Crippen LogP contribution < -0.4 is 15.5 Å². The predicted octanol–water partition coefficient (Wildman–Crippen LogP) is 1.89. The van der Waals surface area contributed by atoms with E-state index in [0.29, 0.717) is 12.5 Å². The Labute approximate surface area is 131 Å². The molecular formula is C17H24N4O. The van der Waals surface area contributed by atoms with Gasteiger partial charge in [-0.15, -0.1) is 0 Å². The number of aliphatic imine (C=N–C) groups is 1. The maximum absolute atomic E-state index is 11.7. The van der Waals surface area contributed by atoms with Crippen molar-refractivity contribution in [2.45, 2.75) is 38.8 Å². The molecule has 1 saturated carbocycles. The van der Waals surface area contributed by atoms with E-state index in [9.17, 15) is 4.79 Å². The average molecular weight is 300 g/mol. The highest BCUT2D eigenvalue weighted by atomic mass is 16.2. The minimum absolute atomic E-state index is 0.231. The molecule has 5 nitrogen and oxygen atoms in total. The highest BCUT2D eigenvalue weighted by Gasteiger charge is 2.33. The van der Waals surface area contributed by atoms with Crippen LogP contribution in [0, 0.1) is 5.92 Å². The van der Waals surface area contributed by atoms with E-state index in [2.05, 4.69) is 34.7 Å². The van der Waals surface area contributed by atoms with Crippen molar-refractivity contribution in [1.29, 1.82) is 0 Å². The van der Waals surface area contributed by atoms with Crippen molar-refractivity contribution in [2.24, 2.45) is 10.9 Å². The fourth-order valence-electron chi connectivity index (χ4n) is 2.79. The van der Waals surface area contributed by atoms with E-state index in [4.69, 9.17) is 0 Å². The van der Waals surface area contributed by atoms with Crippen LogP contribution in [-0.2, 0) is 11.3 Å². The maximum atomic E-state index is 11.7. The van der Waals surface area contributed by atoms with Gasteiger partial charge in [0.25, 0.3) is 0 Å². The minimum Gasteiger partial charge on any atom is -0.353 e. The summed E-state index contributed by atoms with van der Waals surface area (Å²) in [7, 11) is 1.80. The Morgan fingerprint density at radius 1 is 1.36 bits per heavy atom. The third-order valence-corrected chi connectivity index (χ3v) is 4.44. The van der Waals surface area contributed by atoms with Crippen molar-refractivity contribution >= 4 is 17.6 Å². The summed E-state index contributed by atoms with van der Waals surface area (Å²) >= 11 is 0. The lowest BCUT2D eigenvalue weighted by Crippen LogP contribution is -2.38. The number of guanidine groups is 1. The molecule has 5 heteroatoms. The quantitative estimate of drug-likeness (QED) is 0.659. The van der Waals surface area contributed by atoms with Crippen LogP contribution in [-0.4, -0.2) is 31.5 Å². The summed E-state index contributed by atoms with van der Waals surface area (Å²) in [5.41, 5.74) is 2.18. The highest BCUT2D eigenvalue weighted by molar-refractivity contribution is 5.95. The van der Waals surface area contributed by atoms with Crippen LogP contribution in [0.25, 0.3) is 0 Å². The van der Waals surface area contributed by atoms with Crippen molar-refractivity contribution in [3.05, 3.63) is 29.8 Å². The molecule has 1 aromatic rings. The number of benzene rings is 1. The third kappa shape index (κ3) is 3.40. The van der Waals surface area contributed by atoms with Gasteiger partial charge in [-0.1, -0.05) is 19.1 Å². The molecule has 2 fully saturated rings. The summed E-state index contributed by atoms with van der Waals surface area (Å²) in [6.45, 7) is 3.81. The van der Waals surface area contributed by atoms with Crippen LogP contribution in [0.1, 0.15) is 31.7 Å². The first-order valence-corrected chi connectivity index (χ1v) is 8.04. The molecule has 2 unspecified atom stereocenters. The molecule has 1 aliphatic heterocycles. The van der Waals surface area contributed by atoms with E-state index in [1.807, 2.05) is 17.0 Å². The Morgan fingerprint density at radius 2 is 2.09 bits per heavy atom. The molecule has 0 bridgehead atoms. The molecular weight excluding hydrogens is 276 g/mol. The highest BCUT2D eigenvalue weighted by Crippen LogP contribution is 2.28. The molecule has 3 rings (SSSR count). The van der Waals surface area contributed by atoms with Gasteiger partial charge >= 0.3 is 0 Å². The van der Waals surface area contributed by atoms with Crippen LogP contribution >= 0.6 is 0 Å². The summed E-state index contributed by atoms with van der Waals surface area (Å²) in [6.07, 6.45) is 2.86. The number of hydrogen-bond acceptors (Lipinski definition) is 2. The number of rotatable bonds is 4. The molecule has 0 aromatic heterocycles. The molecule has 0 spiro atoms. The van der Waals surface area contributed by atoms with Crippen molar-refractivity contribution in [3.63, 3.8) is 0 Å². The standard InChI is InChI=1S/C17H24N4O/c1-12-10-15(12)20-17(18-2)19-11-13-5-7-14(8-6-13)21-9-3-4-16(21)22/h5-8,12,15H,3-4,9-11H2,1-2H3,(H2,18,19,20). The molecule has 2 atom stereocenters. The monoisotopic (exact) mass is 300 g/mol. The van der Waals surface area contributed by atoms with Crippen molar-refractivity contribution < 1.29 is 4.79 Å². The second-order valence-electron chi connectivity index (χ2n) is 6.20. The molecule has 2 aliphatic rings. The number of anilines is 1. The number of carbonyl (C=O) groups is 1. The fraction of sp³-hybridized carbons (Fsp3) is 0.529. The number of carbonyl (C=O) groups excluding carboxylic acids is 1. The van der Waals surface area contributed by atoms with Gasteiger partial charge in [-0.2, -0.15) is 0 Å². The van der Waals surface area contributed by atoms with Gasteiger partial charge < -0.3 is 15.5 Å². The lowest BCUT2D eigenvalue weighted by molar-refractivity contribution is -0.117. The van der Waals surface area contributed by atoms with Gasteiger partial charge in [-0.25, -0.2) is 0 Å². The molecule has 2 N–H and O–H groups in total. The third-order valence-electron chi connectivity index (χ3n) is 4.44. The number of amides is 1. The summed E-state index contributed by atoms with van der Waals surface area (Å²) in [6, 6.07) is 8.76. The van der Waals surface area contributed by atoms with Gasteiger partial charge in [0.2, 0.25) is 5.91 Å². The second-order valence-corrected chi connectivity index (χ2v) is 6.20. The SMILES string of the molecule is CN=C(NCc1ccc(N2CCCC2=O)cc1)NC1CC1C. The molecule has 1 heterocycles. The van der Waals surface area contributed by atoms with Gasteiger partial charge in [0, 0.05) is 38.3 Å². The van der Waals surface area contributed by atoms with E-state index in [1.54, 1.807) is 7.05 Å². The molecule has 0 radical (unpaired) electrons. The normalized spacial score (nSPS) is 24.5. The first kappa shape index (κ1) is 14.9. The zero-order chi connectivity index (χ0) is 15.5. The van der Waals surface area contributed by atoms with Crippen molar-refractivity contribution in [2.75, 3.05) is 18.5 Å². The van der Waals surface area contributed by atoms with E-state index in [-0.39, 0.29) is 5.91 Å². The molecule has 1 saturated heterocycles. The fourth-order valence-corrected chi connectivity index (χ4v) is 2.79. The number of nitrogens with zero attached hydrogens (tertiary/aromatic N) is 2. The molecule has 1 aliphatic carbocycles. The molecule has 118 valence electrons. The van der Waals surface area contributed by atoms with E-state index in [0.717, 1.165) is 37.1 Å². The van der Waals surface area contributed by atoms with Gasteiger partial charge in [-0.05, 0) is 36.5 Å². The minimum atomic E-state index is 0.231. The van der Waals surface area contributed by atoms with Gasteiger partial charge in [-0.3, -0.25) is 9.79 Å². The molecule has 1 amide bonds. The first-order valence-electron chi connectivity index (χ1n) is 8.04. The van der Waals surface area contributed by atoms with Crippen LogP contribution in [0.2, 0.25) is 0 Å². The Balaban J connectivity index is 1.53. The summed E-state index contributed by atoms with van der Waals surface area (Å²) in [4.78, 5) is 17.9. The van der Waals surface area contributed by atoms with E-state index >= 15 is 0 Å². The lowest BCUT2D eigenvalue weighted by Gasteiger charge is -2.16. The lowest BCUT2D eigenvalue weighted by atomic mass is 10.2. The van der Waals surface area contributed by atoms with Gasteiger partial charge in [0.15, 0.2) is 5.96 Å². The average Bonchev–Trinajstić information content (AvgIpc) is 3.05. The van der Waals surface area contributed by atoms with E-state index in [1.165, 1.54) is 12.0 Å².